The first-order valence-electron chi connectivity index (χ1n) is 8.03. The molecule has 1 rings (SSSR count). The molecule has 20 heavy (non-hydrogen) atoms. The summed E-state index contributed by atoms with van der Waals surface area (Å²) in [5, 5.41) is 9.37. The van der Waals surface area contributed by atoms with E-state index in [0.29, 0.717) is 11.8 Å². The van der Waals surface area contributed by atoms with Crippen LogP contribution in [0.2, 0.25) is 0 Å². The lowest BCUT2D eigenvalue weighted by atomic mass is 9.90. The van der Waals surface area contributed by atoms with E-state index in [9.17, 15) is 9.90 Å². The third-order valence-corrected chi connectivity index (χ3v) is 4.16. The zero-order valence-electron chi connectivity index (χ0n) is 13.5. The van der Waals surface area contributed by atoms with Crippen LogP contribution in [-0.2, 0) is 4.79 Å². The number of aliphatic hydroxyl groups excluding tert-OH is 1. The standard InChI is InChI=1S/C17H31NO2/c1-13(2)8-5-6-10-16(14(3)4)17(20)18-11-7-9-15(18)12-19/h5-6,13-16,19H,7-12H2,1-4H3/b6-5+/t15-,16-/m0/s1. The van der Waals surface area contributed by atoms with E-state index in [1.54, 1.807) is 0 Å². The van der Waals surface area contributed by atoms with Crippen molar-refractivity contribution in [3.8, 4) is 0 Å². The molecule has 1 amide bonds. The minimum atomic E-state index is 0.0448. The maximum absolute atomic E-state index is 12.7. The molecule has 1 aliphatic heterocycles. The van der Waals surface area contributed by atoms with Crippen molar-refractivity contribution in [3.05, 3.63) is 12.2 Å². The van der Waals surface area contributed by atoms with Gasteiger partial charge in [-0.2, -0.15) is 0 Å². The Labute approximate surface area is 124 Å². The average Bonchev–Trinajstić information content (AvgIpc) is 2.85. The summed E-state index contributed by atoms with van der Waals surface area (Å²) in [6, 6.07) is 0.0448. The summed E-state index contributed by atoms with van der Waals surface area (Å²) < 4.78 is 0. The second-order valence-corrected chi connectivity index (χ2v) is 6.70. The number of hydrogen-bond donors (Lipinski definition) is 1. The summed E-state index contributed by atoms with van der Waals surface area (Å²) in [5.74, 6) is 1.28. The van der Waals surface area contributed by atoms with Crippen LogP contribution in [0.1, 0.15) is 53.4 Å². The number of amides is 1. The van der Waals surface area contributed by atoms with Gasteiger partial charge in [0.1, 0.15) is 0 Å². The first-order valence-corrected chi connectivity index (χ1v) is 8.03. The Hall–Kier alpha value is -0.830. The zero-order valence-corrected chi connectivity index (χ0v) is 13.5. The van der Waals surface area contributed by atoms with Gasteiger partial charge in [0.05, 0.1) is 12.6 Å². The monoisotopic (exact) mass is 281 g/mol. The van der Waals surface area contributed by atoms with Crippen molar-refractivity contribution in [2.24, 2.45) is 17.8 Å². The van der Waals surface area contributed by atoms with Crippen molar-refractivity contribution in [1.82, 2.24) is 4.90 Å². The van der Waals surface area contributed by atoms with Crippen molar-refractivity contribution in [2.75, 3.05) is 13.2 Å². The van der Waals surface area contributed by atoms with Crippen LogP contribution in [0.15, 0.2) is 12.2 Å². The second kappa shape index (κ2) is 8.46. The molecule has 0 bridgehead atoms. The first kappa shape index (κ1) is 17.2. The number of nitrogens with zero attached hydrogens (tertiary/aromatic N) is 1. The lowest BCUT2D eigenvalue weighted by Crippen LogP contribution is -2.42. The fraction of sp³-hybridized carbons (Fsp3) is 0.824. The van der Waals surface area contributed by atoms with Gasteiger partial charge in [-0.15, -0.1) is 0 Å². The van der Waals surface area contributed by atoms with E-state index in [0.717, 1.165) is 32.2 Å². The number of allylic oxidation sites excluding steroid dienone is 2. The van der Waals surface area contributed by atoms with Crippen molar-refractivity contribution in [3.63, 3.8) is 0 Å². The first-order chi connectivity index (χ1) is 9.47. The fourth-order valence-electron chi connectivity index (χ4n) is 2.80. The molecule has 0 aromatic rings. The fourth-order valence-corrected chi connectivity index (χ4v) is 2.80. The molecule has 0 unspecified atom stereocenters. The highest BCUT2D eigenvalue weighted by atomic mass is 16.3. The Balaban J connectivity index is 2.61. The van der Waals surface area contributed by atoms with Gasteiger partial charge in [0.2, 0.25) is 5.91 Å². The molecule has 3 nitrogen and oxygen atoms in total. The van der Waals surface area contributed by atoms with Gasteiger partial charge in [0.15, 0.2) is 0 Å². The van der Waals surface area contributed by atoms with Crippen molar-refractivity contribution < 1.29 is 9.90 Å². The summed E-state index contributed by atoms with van der Waals surface area (Å²) in [4.78, 5) is 14.6. The smallest absolute Gasteiger partial charge is 0.226 e. The highest BCUT2D eigenvalue weighted by Gasteiger charge is 2.33. The molecule has 0 radical (unpaired) electrons. The number of rotatable bonds is 7. The minimum Gasteiger partial charge on any atom is -0.394 e. The van der Waals surface area contributed by atoms with Crippen LogP contribution in [0.3, 0.4) is 0 Å². The predicted molar refractivity (Wildman–Crippen MR) is 83.4 cm³/mol. The largest absolute Gasteiger partial charge is 0.394 e. The Morgan fingerprint density at radius 3 is 2.45 bits per heavy atom. The topological polar surface area (TPSA) is 40.5 Å². The molecule has 0 aliphatic carbocycles. The molecule has 3 heteroatoms. The molecule has 116 valence electrons. The molecule has 1 aliphatic rings. The molecule has 1 heterocycles. The Morgan fingerprint density at radius 1 is 1.25 bits per heavy atom. The van der Waals surface area contributed by atoms with Crippen LogP contribution in [0.5, 0.6) is 0 Å². The zero-order chi connectivity index (χ0) is 15.1. The van der Waals surface area contributed by atoms with Crippen molar-refractivity contribution in [2.45, 2.75) is 59.4 Å². The van der Waals surface area contributed by atoms with Crippen LogP contribution in [0.4, 0.5) is 0 Å². The Morgan fingerprint density at radius 2 is 1.90 bits per heavy atom. The second-order valence-electron chi connectivity index (χ2n) is 6.70. The van der Waals surface area contributed by atoms with Crippen LogP contribution in [0, 0.1) is 17.8 Å². The Bertz CT molecular complexity index is 323. The molecule has 0 spiro atoms. The van der Waals surface area contributed by atoms with Gasteiger partial charge in [0.25, 0.3) is 0 Å². The SMILES string of the molecule is CC(C)C/C=C/C[C@H](C(=O)N1CCC[C@H]1CO)C(C)C. The summed E-state index contributed by atoms with van der Waals surface area (Å²) in [5.41, 5.74) is 0. The maximum atomic E-state index is 12.7. The van der Waals surface area contributed by atoms with E-state index in [1.807, 2.05) is 4.90 Å². The lowest BCUT2D eigenvalue weighted by Gasteiger charge is -2.29. The van der Waals surface area contributed by atoms with E-state index in [2.05, 4.69) is 39.8 Å². The summed E-state index contributed by atoms with van der Waals surface area (Å²) in [6.07, 6.45) is 8.20. The minimum absolute atomic E-state index is 0.0448. The summed E-state index contributed by atoms with van der Waals surface area (Å²) >= 11 is 0. The van der Waals surface area contributed by atoms with Crippen LogP contribution < -0.4 is 0 Å². The van der Waals surface area contributed by atoms with Gasteiger partial charge in [-0.05, 0) is 37.5 Å². The molecule has 0 saturated carbocycles. The number of hydrogen-bond acceptors (Lipinski definition) is 2. The number of carbonyl (C=O) groups is 1. The molecular weight excluding hydrogens is 250 g/mol. The van der Waals surface area contributed by atoms with E-state index < -0.39 is 0 Å². The van der Waals surface area contributed by atoms with Crippen molar-refractivity contribution >= 4 is 5.91 Å². The highest BCUT2D eigenvalue weighted by molar-refractivity contribution is 5.80. The van der Waals surface area contributed by atoms with E-state index >= 15 is 0 Å². The van der Waals surface area contributed by atoms with Gasteiger partial charge in [-0.1, -0.05) is 39.8 Å². The van der Waals surface area contributed by atoms with E-state index in [-0.39, 0.29) is 24.5 Å². The van der Waals surface area contributed by atoms with Gasteiger partial charge >= 0.3 is 0 Å². The quantitative estimate of drug-likeness (QED) is 0.728. The number of likely N-dealkylation sites (tertiary alicyclic amines) is 1. The number of aliphatic hydroxyl groups is 1. The normalized spacial score (nSPS) is 21.4. The van der Waals surface area contributed by atoms with Crippen LogP contribution >= 0.6 is 0 Å². The molecule has 1 saturated heterocycles. The highest BCUT2D eigenvalue weighted by Crippen LogP contribution is 2.25. The lowest BCUT2D eigenvalue weighted by molar-refractivity contribution is -0.138. The number of carbonyl (C=O) groups excluding carboxylic acids is 1. The predicted octanol–water partition coefficient (Wildman–Crippen LogP) is 3.23. The summed E-state index contributed by atoms with van der Waals surface area (Å²) in [7, 11) is 0. The van der Waals surface area contributed by atoms with Gasteiger partial charge in [0, 0.05) is 12.5 Å². The van der Waals surface area contributed by atoms with Gasteiger partial charge in [-0.25, -0.2) is 0 Å². The van der Waals surface area contributed by atoms with E-state index in [4.69, 9.17) is 0 Å². The van der Waals surface area contributed by atoms with Crippen LogP contribution in [0.25, 0.3) is 0 Å². The third kappa shape index (κ3) is 4.93. The third-order valence-electron chi connectivity index (χ3n) is 4.16. The summed E-state index contributed by atoms with van der Waals surface area (Å²) in [6.45, 7) is 9.53. The molecule has 0 aromatic heterocycles. The van der Waals surface area contributed by atoms with Gasteiger partial charge in [-0.3, -0.25) is 4.79 Å². The maximum Gasteiger partial charge on any atom is 0.226 e. The molecule has 1 N–H and O–H groups in total. The van der Waals surface area contributed by atoms with Crippen molar-refractivity contribution in [1.29, 1.82) is 0 Å². The van der Waals surface area contributed by atoms with Crippen LogP contribution in [-0.4, -0.2) is 35.1 Å². The molecule has 0 aromatic carbocycles. The van der Waals surface area contributed by atoms with E-state index in [1.165, 1.54) is 0 Å². The molecular formula is C17H31NO2. The Kier molecular flexibility index (Phi) is 7.28. The molecule has 1 fully saturated rings. The van der Waals surface area contributed by atoms with Gasteiger partial charge < -0.3 is 10.0 Å². The average molecular weight is 281 g/mol. The molecule has 2 atom stereocenters.